The van der Waals surface area contributed by atoms with Gasteiger partial charge in [-0.25, -0.2) is 9.97 Å². The number of carbonyl (C=O) groups is 2. The molecule has 0 spiro atoms. The molecule has 2 fully saturated rings. The molecule has 6 aliphatic rings. The van der Waals surface area contributed by atoms with E-state index in [1.807, 2.05) is 27.7 Å². The first-order chi connectivity index (χ1) is 30.9. The molecule has 340 valence electrons. The van der Waals surface area contributed by atoms with E-state index in [1.54, 1.807) is 23.9 Å². The lowest BCUT2D eigenvalue weighted by molar-refractivity contribution is 0.0709. The average Bonchev–Trinajstić information content (AvgIpc) is 3.71. The van der Waals surface area contributed by atoms with Gasteiger partial charge in [0, 0.05) is 66.0 Å². The highest BCUT2D eigenvalue weighted by Crippen LogP contribution is 2.40. The lowest BCUT2D eigenvalue weighted by atomic mass is 10.00. The fourth-order valence-electron chi connectivity index (χ4n) is 10.3. The van der Waals surface area contributed by atoms with E-state index in [9.17, 15) is 19.8 Å². The molecule has 2 amide bonds. The maximum absolute atomic E-state index is 12.7. The molecule has 0 radical (unpaired) electrons. The predicted octanol–water partition coefficient (Wildman–Crippen LogP) is 5.88. The van der Waals surface area contributed by atoms with E-state index in [1.165, 1.54) is 22.3 Å². The third kappa shape index (κ3) is 8.18. The number of anilines is 2. The minimum Gasteiger partial charge on any atom is -0.490 e. The molecule has 0 bridgehead atoms. The number of nitrogens with zero attached hydrogens (tertiary/aromatic N) is 6. The number of ether oxygens (including phenoxy) is 4. The monoisotopic (exact) mass is 874 g/mol. The van der Waals surface area contributed by atoms with Crippen molar-refractivity contribution in [2.24, 2.45) is 0 Å². The van der Waals surface area contributed by atoms with Gasteiger partial charge < -0.3 is 48.8 Å². The molecule has 8 heterocycles. The normalized spacial score (nSPS) is 21.0. The smallest absolute Gasteiger partial charge is 0.256 e. The Kier molecular flexibility index (Phi) is 12.6. The zero-order valence-corrected chi connectivity index (χ0v) is 38.1. The molecule has 2 aromatic carbocycles. The van der Waals surface area contributed by atoms with Crippen molar-refractivity contribution in [1.29, 1.82) is 0 Å². The van der Waals surface area contributed by atoms with Crippen LogP contribution in [0.2, 0.25) is 0 Å². The van der Waals surface area contributed by atoms with Gasteiger partial charge in [0.2, 0.25) is 0 Å². The molecular formula is C50H62N6O8. The summed E-state index contributed by atoms with van der Waals surface area (Å²) < 4.78 is 23.8. The summed E-state index contributed by atoms with van der Waals surface area (Å²) in [5, 5.41) is 19.7. The summed E-state index contributed by atoms with van der Waals surface area (Å²) in [6.45, 7) is 14.1. The van der Waals surface area contributed by atoms with Crippen molar-refractivity contribution in [2.75, 3.05) is 76.5 Å². The summed E-state index contributed by atoms with van der Waals surface area (Å²) in [6, 6.07) is 12.0. The fraction of sp³-hybridized carbons (Fsp3) is 0.520. The van der Waals surface area contributed by atoms with Crippen LogP contribution in [0.3, 0.4) is 0 Å². The second kappa shape index (κ2) is 18.3. The molecule has 2 aromatic heterocycles. The van der Waals surface area contributed by atoms with Gasteiger partial charge in [-0.05, 0) is 109 Å². The number of carbonyl (C=O) groups excluding carboxylic acids is 2. The number of rotatable bonds is 8. The van der Waals surface area contributed by atoms with Gasteiger partial charge in [-0.15, -0.1) is 0 Å². The SMILES string of the molecule is Cc1c(N2CCC(Oc3ccc4c(c3)COCC4)CC2)nc2c(c1C)C(=O)N(C)[C@@H]2CO.Cc1c(N2CCC(Oc3ccc4c(c3)COCC4)CC2)nc2c(c1C)C(=O)N(C)[C@H]2CO. The van der Waals surface area contributed by atoms with Gasteiger partial charge in [-0.3, -0.25) is 9.59 Å². The molecular weight excluding hydrogens is 813 g/mol. The largest absolute Gasteiger partial charge is 0.490 e. The Morgan fingerprint density at radius 2 is 0.984 bits per heavy atom. The average molecular weight is 875 g/mol. The molecule has 0 aliphatic carbocycles. The molecule has 2 N–H and O–H groups in total. The van der Waals surface area contributed by atoms with Crippen LogP contribution < -0.4 is 19.3 Å². The van der Waals surface area contributed by atoms with Crippen LogP contribution in [-0.4, -0.2) is 121 Å². The first-order valence-corrected chi connectivity index (χ1v) is 23.0. The van der Waals surface area contributed by atoms with E-state index in [4.69, 9.17) is 28.9 Å². The number of aromatic nitrogens is 2. The highest BCUT2D eigenvalue weighted by atomic mass is 16.5. The minimum absolute atomic E-state index is 0.0544. The molecule has 14 heteroatoms. The Labute approximate surface area is 376 Å². The minimum atomic E-state index is -0.371. The van der Waals surface area contributed by atoms with Crippen LogP contribution >= 0.6 is 0 Å². The highest BCUT2D eigenvalue weighted by Gasteiger charge is 2.40. The van der Waals surface area contributed by atoms with E-state index >= 15 is 0 Å². The van der Waals surface area contributed by atoms with Gasteiger partial charge in [0.15, 0.2) is 0 Å². The molecule has 6 aliphatic heterocycles. The van der Waals surface area contributed by atoms with Crippen LogP contribution in [0.25, 0.3) is 0 Å². The van der Waals surface area contributed by atoms with Crippen molar-refractivity contribution in [3.63, 3.8) is 0 Å². The summed E-state index contributed by atoms with van der Waals surface area (Å²) in [7, 11) is 3.46. The number of piperidine rings is 2. The Hall–Kier alpha value is -5.28. The van der Waals surface area contributed by atoms with Gasteiger partial charge in [-0.1, -0.05) is 12.1 Å². The maximum Gasteiger partial charge on any atom is 0.256 e. The number of amides is 2. The van der Waals surface area contributed by atoms with Crippen molar-refractivity contribution in [1.82, 2.24) is 19.8 Å². The van der Waals surface area contributed by atoms with Gasteiger partial charge in [-0.2, -0.15) is 0 Å². The van der Waals surface area contributed by atoms with E-state index in [-0.39, 0.29) is 49.3 Å². The number of aliphatic hydroxyl groups excluding tert-OH is 2. The molecule has 2 atom stereocenters. The lowest BCUT2D eigenvalue weighted by Gasteiger charge is -2.34. The molecule has 0 unspecified atom stereocenters. The number of likely N-dealkylation sites (N-methyl/N-ethyl adjacent to an activating group) is 2. The van der Waals surface area contributed by atoms with Crippen molar-refractivity contribution in [3.05, 3.63) is 103 Å². The first kappa shape index (κ1) is 43.9. The molecule has 2 saturated heterocycles. The Morgan fingerprint density at radius 3 is 1.36 bits per heavy atom. The molecule has 14 nitrogen and oxygen atoms in total. The van der Waals surface area contributed by atoms with Gasteiger partial charge in [0.1, 0.15) is 35.3 Å². The summed E-state index contributed by atoms with van der Waals surface area (Å²) in [6.07, 6.45) is 5.92. The summed E-state index contributed by atoms with van der Waals surface area (Å²) in [5.74, 6) is 3.58. The second-order valence-corrected chi connectivity index (χ2v) is 18.2. The van der Waals surface area contributed by atoms with E-state index in [0.717, 1.165) is 123 Å². The first-order valence-electron chi connectivity index (χ1n) is 23.0. The number of aliphatic hydroxyl groups is 2. The second-order valence-electron chi connectivity index (χ2n) is 18.2. The predicted molar refractivity (Wildman–Crippen MR) is 243 cm³/mol. The van der Waals surface area contributed by atoms with Crippen molar-refractivity contribution in [2.45, 2.75) is 104 Å². The van der Waals surface area contributed by atoms with Crippen molar-refractivity contribution >= 4 is 23.5 Å². The van der Waals surface area contributed by atoms with Crippen molar-refractivity contribution < 1.29 is 38.7 Å². The van der Waals surface area contributed by atoms with Gasteiger partial charge >= 0.3 is 0 Å². The maximum atomic E-state index is 12.7. The van der Waals surface area contributed by atoms with E-state index in [2.05, 4.69) is 46.2 Å². The summed E-state index contributed by atoms with van der Waals surface area (Å²) in [4.78, 5) is 42.9. The molecule has 0 saturated carbocycles. The van der Waals surface area contributed by atoms with Crippen LogP contribution in [0.5, 0.6) is 11.5 Å². The topological polar surface area (TPSA) is 150 Å². The third-order valence-corrected chi connectivity index (χ3v) is 14.5. The number of fused-ring (bicyclic) bond motifs is 4. The third-order valence-electron chi connectivity index (χ3n) is 14.5. The van der Waals surface area contributed by atoms with Gasteiger partial charge in [0.25, 0.3) is 11.8 Å². The number of benzene rings is 2. The number of hydrogen-bond donors (Lipinski definition) is 2. The van der Waals surface area contributed by atoms with Crippen LogP contribution in [0, 0.1) is 27.7 Å². The van der Waals surface area contributed by atoms with Crippen LogP contribution in [-0.2, 0) is 35.5 Å². The molecule has 4 aromatic rings. The molecule has 64 heavy (non-hydrogen) atoms. The zero-order valence-electron chi connectivity index (χ0n) is 38.1. The van der Waals surface area contributed by atoms with E-state index < -0.39 is 0 Å². The number of hydrogen-bond acceptors (Lipinski definition) is 12. The quantitative estimate of drug-likeness (QED) is 0.218. The Bertz CT molecular complexity index is 2260. The number of pyridine rings is 2. The zero-order chi connectivity index (χ0) is 44.8. The van der Waals surface area contributed by atoms with Crippen molar-refractivity contribution in [3.8, 4) is 11.5 Å². The Morgan fingerprint density at radius 1 is 0.594 bits per heavy atom. The summed E-state index contributed by atoms with van der Waals surface area (Å²) in [5.41, 5.74) is 11.9. The highest BCUT2D eigenvalue weighted by molar-refractivity contribution is 6.01. The summed E-state index contributed by atoms with van der Waals surface area (Å²) >= 11 is 0. The van der Waals surface area contributed by atoms with Crippen LogP contribution in [0.1, 0.15) is 114 Å². The Balaban J connectivity index is 0.000000162. The molecule has 10 rings (SSSR count). The lowest BCUT2D eigenvalue weighted by Crippen LogP contribution is -2.39. The van der Waals surface area contributed by atoms with Crippen LogP contribution in [0.15, 0.2) is 36.4 Å². The van der Waals surface area contributed by atoms with E-state index in [0.29, 0.717) is 35.7 Å². The standard InChI is InChI=1S/2C25H31N3O4/c2*1-15-16(2)24(26-23-21(13-29)27(3)25(30)22(15)23)28-9-6-19(7-10-28)32-20-5-4-17-8-11-31-14-18(17)12-20/h2*4-5,12,19,21,29H,6-11,13-14H2,1-3H3/t2*21-/m10/s1. The van der Waals surface area contributed by atoms with Crippen LogP contribution in [0.4, 0.5) is 11.6 Å². The fourth-order valence-corrected chi connectivity index (χ4v) is 10.3. The van der Waals surface area contributed by atoms with Gasteiger partial charge in [0.05, 0.1) is 74.2 Å².